The summed E-state index contributed by atoms with van der Waals surface area (Å²) in [4.78, 5) is 52.7. The van der Waals surface area contributed by atoms with Crippen LogP contribution in [0.15, 0.2) is 0 Å². The average molecular weight is 443 g/mol. The van der Waals surface area contributed by atoms with Gasteiger partial charge >= 0.3 is 11.6 Å². The van der Waals surface area contributed by atoms with E-state index < -0.39 is 59.7 Å². The van der Waals surface area contributed by atoms with E-state index in [9.17, 15) is 60.7 Å². The van der Waals surface area contributed by atoms with E-state index in [-0.39, 0.29) is 0 Å². The molecule has 0 N–H and O–H groups in total. The summed E-state index contributed by atoms with van der Waals surface area (Å²) in [5, 5.41) is 65.4. The van der Waals surface area contributed by atoms with Crippen LogP contribution in [0.2, 0.25) is 0 Å². The first-order valence-electron chi connectivity index (χ1n) is 5.66. The molecule has 0 aliphatic rings. The van der Waals surface area contributed by atoms with Gasteiger partial charge in [0.15, 0.2) is 29.5 Å². The Balaban J connectivity index is 6.65. The summed E-state index contributed by atoms with van der Waals surface area (Å²) in [5.41, 5.74) is 0. The van der Waals surface area contributed by atoms with Crippen LogP contribution in [-0.2, 0) is 8.58 Å². The minimum atomic E-state index is -4.50. The Morgan fingerprint density at radius 1 is 0.556 bits per heavy atom. The molecule has 0 aromatic heterocycles. The second-order valence-corrected chi connectivity index (χ2v) is 4.82. The summed E-state index contributed by atoms with van der Waals surface area (Å²) in [7, 11) is 0. The third-order valence-corrected chi connectivity index (χ3v) is 3.61. The smallest absolute Gasteiger partial charge is 0.253 e. The van der Waals surface area contributed by atoms with Crippen molar-refractivity contribution in [3.05, 3.63) is 60.7 Å². The molecule has 0 bridgehead atoms. The summed E-state index contributed by atoms with van der Waals surface area (Å²) in [6.45, 7) is 0. The maximum atomic E-state index is 10.9. The molecule has 0 aromatic carbocycles. The minimum Gasteiger partial charge on any atom is -0.253 e. The van der Waals surface area contributed by atoms with Crippen molar-refractivity contribution in [2.24, 2.45) is 0 Å². The van der Waals surface area contributed by atoms with Crippen molar-refractivity contribution < 1.29 is 38.1 Å². The first kappa shape index (κ1) is 23.9. The zero-order chi connectivity index (χ0) is 21.8. The van der Waals surface area contributed by atoms with Gasteiger partial charge in [0.25, 0.3) is 5.79 Å². The highest BCUT2D eigenvalue weighted by Crippen LogP contribution is 2.39. The van der Waals surface area contributed by atoms with Crippen molar-refractivity contribution in [2.45, 2.75) is 30.2 Å². The van der Waals surface area contributed by atoms with Gasteiger partial charge in [0.05, 0.1) is 23.7 Å². The van der Waals surface area contributed by atoms with Crippen LogP contribution in [0, 0.1) is 60.7 Å². The maximum Gasteiger partial charge on any atom is 0.705 e. The van der Waals surface area contributed by atoms with Crippen molar-refractivity contribution in [1.29, 1.82) is 0 Å². The van der Waals surface area contributed by atoms with Crippen LogP contribution in [0.4, 0.5) is 0 Å². The molecule has 0 fully saturated rings. The minimum absolute atomic E-state index is 2.13. The molecule has 0 aliphatic carbocycles. The van der Waals surface area contributed by atoms with Gasteiger partial charge in [-0.1, -0.05) is 0 Å². The van der Waals surface area contributed by atoms with Crippen LogP contribution < -0.4 is 0 Å². The summed E-state index contributed by atoms with van der Waals surface area (Å²) in [5.74, 6) is -12.7. The van der Waals surface area contributed by atoms with Crippen molar-refractivity contribution >= 4 is 23.7 Å². The van der Waals surface area contributed by atoms with Crippen LogP contribution in [0.3, 0.4) is 0 Å². The lowest BCUT2D eigenvalue weighted by atomic mass is 10.00. The van der Waals surface area contributed by atoms with Gasteiger partial charge in [0.2, 0.25) is 12.8 Å². The summed E-state index contributed by atoms with van der Waals surface area (Å²) >= 11 is 9.64. The number of hydrogen-bond acceptors (Lipinski definition) is 14. The molecule has 0 radical (unpaired) electrons. The second-order valence-electron chi connectivity index (χ2n) is 4.51. The molecular formula is C5H4Cl2N6O14. The highest BCUT2D eigenvalue weighted by atomic mass is 35.5. The fraction of sp³-hybridized carbons (Fsp3) is 1.00. The first-order valence-corrected chi connectivity index (χ1v) is 6.28. The van der Waals surface area contributed by atoms with Crippen LogP contribution in [0.25, 0.3) is 0 Å². The summed E-state index contributed by atoms with van der Waals surface area (Å²) in [6, 6.07) is 0. The Bertz CT molecular complexity index is 565. The van der Waals surface area contributed by atoms with Gasteiger partial charge in [0, 0.05) is 0 Å². The number of rotatable bonds is 12. The van der Waals surface area contributed by atoms with E-state index in [1.807, 2.05) is 0 Å². The van der Waals surface area contributed by atoms with Crippen molar-refractivity contribution in [1.82, 2.24) is 0 Å². The highest BCUT2D eigenvalue weighted by molar-refractivity contribution is 6.09. The Morgan fingerprint density at radius 3 is 0.852 bits per heavy atom. The lowest BCUT2D eigenvalue weighted by Gasteiger charge is -2.25. The van der Waals surface area contributed by atoms with Crippen LogP contribution in [-0.4, -0.2) is 46.9 Å². The number of nitrogens with zero attached hydrogens (tertiary/aromatic N) is 6. The third kappa shape index (κ3) is 3.86. The molecular weight excluding hydrogens is 439 g/mol. The molecule has 0 aliphatic heterocycles. The predicted molar refractivity (Wildman–Crippen MR) is 73.3 cm³/mol. The molecule has 0 saturated carbocycles. The van der Waals surface area contributed by atoms with E-state index >= 15 is 0 Å². The first-order chi connectivity index (χ1) is 12.2. The van der Waals surface area contributed by atoms with E-state index in [1.54, 1.807) is 0 Å². The highest BCUT2D eigenvalue weighted by Gasteiger charge is 2.81. The molecule has 0 rings (SSSR count). The van der Waals surface area contributed by atoms with E-state index in [0.29, 0.717) is 0 Å². The average Bonchev–Trinajstić information content (AvgIpc) is 2.53. The molecule has 0 amide bonds. The molecule has 20 nitrogen and oxygen atoms in total. The topological polar surface area (TPSA) is 277 Å². The molecule has 0 aromatic rings. The van der Waals surface area contributed by atoms with Crippen molar-refractivity contribution in [2.75, 3.05) is 0 Å². The molecule has 0 unspecified atom stereocenters. The van der Waals surface area contributed by atoms with Crippen LogP contribution >= 0.6 is 23.7 Å². The maximum absolute atomic E-state index is 10.9. The zero-order valence-electron chi connectivity index (χ0n) is 12.1. The van der Waals surface area contributed by atoms with E-state index in [0.717, 1.165) is 0 Å². The lowest BCUT2D eigenvalue weighted by Crippen LogP contribution is -2.63. The molecule has 22 heteroatoms. The molecule has 27 heavy (non-hydrogen) atoms. The Hall–Kier alpha value is -3.10. The van der Waals surface area contributed by atoms with Gasteiger partial charge < -0.3 is 0 Å². The number of halogens is 2. The number of hydrogen-bond donors (Lipinski definition) is 0. The van der Waals surface area contributed by atoms with Crippen LogP contribution in [0.1, 0.15) is 12.8 Å². The fourth-order valence-electron chi connectivity index (χ4n) is 1.69. The van der Waals surface area contributed by atoms with E-state index in [2.05, 4.69) is 8.58 Å². The summed E-state index contributed by atoms with van der Waals surface area (Å²) in [6.07, 6.45) is -4.67. The quantitative estimate of drug-likeness (QED) is 0.214. The van der Waals surface area contributed by atoms with E-state index in [4.69, 9.17) is 23.7 Å². The Kier molecular flexibility index (Phi) is 7.14. The summed E-state index contributed by atoms with van der Waals surface area (Å²) < 4.78 is 7.58. The molecule has 0 spiro atoms. The molecule has 0 atom stereocenters. The standard InChI is InChI=1S/C5H4Cl2N6O14/c6-26-3(27-7,1-4(8(14)15,9(16)17)10(18)19)2-5(11(20)21,12(22)23)13(24)25/h1-2H2. The number of nitro groups is 6. The Morgan fingerprint density at radius 2 is 0.741 bits per heavy atom. The van der Waals surface area contributed by atoms with Gasteiger partial charge in [-0.3, -0.25) is 60.7 Å². The molecule has 0 saturated heterocycles. The molecule has 152 valence electrons. The normalized spacial score (nSPS) is 12.2. The van der Waals surface area contributed by atoms with Crippen LogP contribution in [0.5, 0.6) is 0 Å². The second kappa shape index (κ2) is 8.07. The van der Waals surface area contributed by atoms with Crippen molar-refractivity contribution in [3.63, 3.8) is 0 Å². The third-order valence-electron chi connectivity index (χ3n) is 3.05. The Labute approximate surface area is 153 Å². The zero-order valence-corrected chi connectivity index (χ0v) is 13.6. The largest absolute Gasteiger partial charge is 0.705 e. The molecule has 0 heterocycles. The van der Waals surface area contributed by atoms with Gasteiger partial charge in [-0.25, -0.2) is 8.58 Å². The van der Waals surface area contributed by atoms with E-state index in [1.165, 1.54) is 0 Å². The fourth-order valence-corrected chi connectivity index (χ4v) is 2.01. The van der Waals surface area contributed by atoms with Gasteiger partial charge in [0.1, 0.15) is 0 Å². The van der Waals surface area contributed by atoms with Gasteiger partial charge in [-0.2, -0.15) is 0 Å². The predicted octanol–water partition coefficient (Wildman–Crippen LogP) is -0.229. The van der Waals surface area contributed by atoms with Gasteiger partial charge in [-0.05, 0) is 0 Å². The lowest BCUT2D eigenvalue weighted by molar-refractivity contribution is -0.979. The SMILES string of the molecule is O=[N+]([O-])C(CC(CC([N+](=O)[O-])([N+](=O)[O-])[N+](=O)[O-])(OCl)OCl)([N+](=O)[O-])[N+](=O)[O-]. The van der Waals surface area contributed by atoms with Crippen molar-refractivity contribution in [3.8, 4) is 0 Å². The van der Waals surface area contributed by atoms with Gasteiger partial charge in [-0.15, -0.1) is 0 Å². The monoisotopic (exact) mass is 442 g/mol.